The highest BCUT2D eigenvalue weighted by Crippen LogP contribution is 1.60. The summed E-state index contributed by atoms with van der Waals surface area (Å²) < 4.78 is 0. The molecule has 24 valence electrons. The fraction of sp³-hybridized carbons (Fsp3) is 1.00. The minimum absolute atomic E-state index is 0.296. The molecule has 0 nitrogen and oxygen atoms in total. The van der Waals surface area contributed by atoms with Gasteiger partial charge in [-0.3, -0.25) is 0 Å². The maximum atomic E-state index is 4.72. The summed E-state index contributed by atoms with van der Waals surface area (Å²) in [6.45, 7) is 4.17. The van der Waals surface area contributed by atoms with Crippen LogP contribution in [0.2, 0.25) is 13.1 Å². The Morgan fingerprint density at radius 1 is 1.50 bits per heavy atom. The first-order chi connectivity index (χ1) is 1.73. The van der Waals surface area contributed by atoms with E-state index >= 15 is 0 Å². The van der Waals surface area contributed by atoms with E-state index in [-0.39, 0.29) is 7.50 Å². The molecule has 0 radical (unpaired) electrons. The van der Waals surface area contributed by atoms with Crippen molar-refractivity contribution in [2.24, 2.45) is 0 Å². The summed E-state index contributed by atoms with van der Waals surface area (Å²) in [7, 11) is -0.296. The maximum absolute atomic E-state index is 4.72. The van der Waals surface area contributed by atoms with Crippen LogP contribution < -0.4 is 0 Å². The van der Waals surface area contributed by atoms with Crippen molar-refractivity contribution in [2.45, 2.75) is 13.1 Å². The molecule has 0 aliphatic carbocycles. The molecule has 0 rings (SSSR count). The van der Waals surface area contributed by atoms with Crippen LogP contribution in [0.4, 0.5) is 0 Å². The van der Waals surface area contributed by atoms with Crippen molar-refractivity contribution < 1.29 is 0 Å². The lowest BCUT2D eigenvalue weighted by Crippen LogP contribution is -1.66. The highest BCUT2D eigenvalue weighted by atomic mass is 32.2. The molecule has 0 aromatic carbocycles. The molecule has 0 bridgehead atoms. The molecule has 0 atom stereocenters. The highest BCUT2D eigenvalue weighted by Gasteiger charge is 1.60. The molecular formula is C2H6SSi. The second-order valence-corrected chi connectivity index (χ2v) is 5.17. The van der Waals surface area contributed by atoms with Gasteiger partial charge in [0, 0.05) is 0 Å². The van der Waals surface area contributed by atoms with Gasteiger partial charge in [-0.25, -0.2) is 0 Å². The molecule has 0 saturated carbocycles. The number of rotatable bonds is 0. The first-order valence-corrected chi connectivity index (χ1v) is 4.84. The summed E-state index contributed by atoms with van der Waals surface area (Å²) in [6, 6.07) is 0. The Labute approximate surface area is 33.0 Å². The minimum atomic E-state index is -0.296. The summed E-state index contributed by atoms with van der Waals surface area (Å²) in [5.74, 6) is 0. The first kappa shape index (κ1) is 4.44. The van der Waals surface area contributed by atoms with E-state index in [1.54, 1.807) is 0 Å². The molecule has 0 saturated heterocycles. The van der Waals surface area contributed by atoms with E-state index in [1.807, 2.05) is 0 Å². The Hall–Kier alpha value is 0.437. The van der Waals surface area contributed by atoms with Crippen LogP contribution in [0.15, 0.2) is 0 Å². The van der Waals surface area contributed by atoms with Crippen LogP contribution in [-0.4, -0.2) is 7.50 Å². The maximum Gasteiger partial charge on any atom is 0.0873 e. The summed E-state index contributed by atoms with van der Waals surface area (Å²) in [4.78, 5) is 0. The van der Waals surface area contributed by atoms with Crippen molar-refractivity contribution in [3.05, 3.63) is 0 Å². The van der Waals surface area contributed by atoms with Gasteiger partial charge in [-0.2, -0.15) is 0 Å². The fourth-order valence-corrected chi connectivity index (χ4v) is 0. The van der Waals surface area contributed by atoms with Crippen molar-refractivity contribution in [3.63, 3.8) is 0 Å². The lowest BCUT2D eigenvalue weighted by molar-refractivity contribution is 2.13. The Kier molecular flexibility index (Phi) is 1.92. The molecule has 0 heterocycles. The van der Waals surface area contributed by atoms with Crippen molar-refractivity contribution >= 4 is 19.1 Å². The molecule has 2 heteroatoms. The molecule has 0 aliphatic rings. The Bertz CT molecular complexity index is 29.0. The zero-order valence-electron chi connectivity index (χ0n) is 2.91. The molecule has 0 aliphatic heterocycles. The zero-order chi connectivity index (χ0) is 3.58. The summed E-state index contributed by atoms with van der Waals surface area (Å²) in [6.07, 6.45) is 0. The molecule has 0 aromatic rings. The molecular weight excluding hydrogens is 84.2 g/mol. The van der Waals surface area contributed by atoms with Gasteiger partial charge in [-0.1, -0.05) is 0 Å². The predicted octanol–water partition coefficient (Wildman–Crippen LogP) is 1.43. The quantitative estimate of drug-likeness (QED) is 0.405. The standard InChI is InChI=1S/C2H6SSi/c1-4(2)3/h1-2H3. The van der Waals surface area contributed by atoms with Gasteiger partial charge in [-0.05, 0) is 13.1 Å². The third kappa shape index (κ3) is 26.4. The molecule has 4 heavy (non-hydrogen) atoms. The molecule has 0 amide bonds. The van der Waals surface area contributed by atoms with E-state index in [0.29, 0.717) is 0 Å². The van der Waals surface area contributed by atoms with Crippen molar-refractivity contribution in [1.82, 2.24) is 0 Å². The largest absolute Gasteiger partial charge is 0.140 e. The van der Waals surface area contributed by atoms with Crippen LogP contribution >= 0.6 is 11.6 Å². The molecule has 0 fully saturated rings. The monoisotopic (exact) mass is 90.0 g/mol. The van der Waals surface area contributed by atoms with E-state index in [9.17, 15) is 0 Å². The van der Waals surface area contributed by atoms with Crippen molar-refractivity contribution in [2.75, 3.05) is 0 Å². The Morgan fingerprint density at radius 2 is 1.50 bits per heavy atom. The van der Waals surface area contributed by atoms with Gasteiger partial charge in [0.1, 0.15) is 0 Å². The van der Waals surface area contributed by atoms with Crippen LogP contribution in [-0.2, 0) is 0 Å². The topological polar surface area (TPSA) is 0 Å². The van der Waals surface area contributed by atoms with Gasteiger partial charge in [-0.15, -0.1) is 11.6 Å². The van der Waals surface area contributed by atoms with Crippen LogP contribution in [0, 0.1) is 0 Å². The minimum Gasteiger partial charge on any atom is -0.140 e. The van der Waals surface area contributed by atoms with Crippen LogP contribution in [0.5, 0.6) is 0 Å². The third-order valence-corrected chi connectivity index (χ3v) is 0. The van der Waals surface area contributed by atoms with E-state index in [0.717, 1.165) is 0 Å². The number of hydrogen-bond acceptors (Lipinski definition) is 1. The normalized spacial score (nSPS) is 6.50. The molecule has 0 unspecified atom stereocenters. The van der Waals surface area contributed by atoms with Gasteiger partial charge in [0.05, 0.1) is 7.50 Å². The fourth-order valence-electron chi connectivity index (χ4n) is 0. The highest BCUT2D eigenvalue weighted by molar-refractivity contribution is 7.88. The van der Waals surface area contributed by atoms with E-state index in [4.69, 9.17) is 11.6 Å². The average molecular weight is 90.2 g/mol. The zero-order valence-corrected chi connectivity index (χ0v) is 4.72. The molecule has 0 aromatic heterocycles. The Morgan fingerprint density at radius 3 is 1.50 bits per heavy atom. The first-order valence-electron chi connectivity index (χ1n) is 1.20. The molecule has 0 N–H and O–H groups in total. The van der Waals surface area contributed by atoms with E-state index in [1.165, 1.54) is 0 Å². The smallest absolute Gasteiger partial charge is 0.0873 e. The van der Waals surface area contributed by atoms with Gasteiger partial charge in [0.15, 0.2) is 0 Å². The SMILES string of the molecule is C[Si](C)=S. The van der Waals surface area contributed by atoms with Crippen molar-refractivity contribution in [3.8, 4) is 0 Å². The van der Waals surface area contributed by atoms with Gasteiger partial charge < -0.3 is 0 Å². The van der Waals surface area contributed by atoms with E-state index < -0.39 is 0 Å². The summed E-state index contributed by atoms with van der Waals surface area (Å²) in [5, 5.41) is 0. The second kappa shape index (κ2) is 1.73. The lowest BCUT2D eigenvalue weighted by atomic mass is 11.9. The van der Waals surface area contributed by atoms with Gasteiger partial charge in [0.25, 0.3) is 0 Å². The average Bonchev–Trinajstić information content (AvgIpc) is 0.811. The van der Waals surface area contributed by atoms with Crippen LogP contribution in [0.3, 0.4) is 0 Å². The summed E-state index contributed by atoms with van der Waals surface area (Å²) >= 11 is 4.72. The van der Waals surface area contributed by atoms with Crippen LogP contribution in [0.25, 0.3) is 0 Å². The third-order valence-electron chi connectivity index (χ3n) is 0. The van der Waals surface area contributed by atoms with Crippen molar-refractivity contribution in [1.29, 1.82) is 0 Å². The Balaban J connectivity index is 2.80. The predicted molar refractivity (Wildman–Crippen MR) is 25.1 cm³/mol. The van der Waals surface area contributed by atoms with Gasteiger partial charge >= 0.3 is 0 Å². The van der Waals surface area contributed by atoms with E-state index in [2.05, 4.69) is 13.1 Å². The molecule has 0 spiro atoms. The second-order valence-electron chi connectivity index (χ2n) is 0.908. The number of hydrogen-bond donors (Lipinski definition) is 0. The van der Waals surface area contributed by atoms with Crippen LogP contribution in [0.1, 0.15) is 0 Å². The lowest BCUT2D eigenvalue weighted by Gasteiger charge is -1.57. The van der Waals surface area contributed by atoms with Gasteiger partial charge in [0.2, 0.25) is 0 Å². The summed E-state index contributed by atoms with van der Waals surface area (Å²) in [5.41, 5.74) is 0.